The molecule has 2 saturated heterocycles. The number of benzene rings is 2. The normalized spacial score (nSPS) is 13.9. The second-order valence-corrected chi connectivity index (χ2v) is 21.3. The van der Waals surface area contributed by atoms with Gasteiger partial charge in [0.15, 0.2) is 0 Å². The molecule has 0 saturated carbocycles. The van der Waals surface area contributed by atoms with Gasteiger partial charge in [0.05, 0.1) is 12.9 Å². The van der Waals surface area contributed by atoms with E-state index < -0.39 is 21.3 Å². The van der Waals surface area contributed by atoms with E-state index >= 15 is 0 Å². The number of aromatic nitrogens is 6. The number of nitrogens with one attached hydrogen (secondary N) is 2. The summed E-state index contributed by atoms with van der Waals surface area (Å²) >= 11 is 5.92. The predicted octanol–water partition coefficient (Wildman–Crippen LogP) is 1.81. The van der Waals surface area contributed by atoms with E-state index in [4.69, 9.17) is 25.3 Å². The van der Waals surface area contributed by atoms with Gasteiger partial charge in [0.2, 0.25) is 11.9 Å². The third-order valence-electron chi connectivity index (χ3n) is 11.1. The van der Waals surface area contributed by atoms with Crippen LogP contribution >= 0.6 is 11.6 Å². The van der Waals surface area contributed by atoms with E-state index in [1.54, 1.807) is 67.7 Å². The summed E-state index contributed by atoms with van der Waals surface area (Å²) in [5.41, 5.74) is 2.89. The average molecular weight is 1040 g/mol. The van der Waals surface area contributed by atoms with Crippen molar-refractivity contribution >= 4 is 79.2 Å². The van der Waals surface area contributed by atoms with E-state index in [0.29, 0.717) is 91.9 Å². The van der Waals surface area contributed by atoms with E-state index in [9.17, 15) is 27.6 Å². The van der Waals surface area contributed by atoms with E-state index in [2.05, 4.69) is 30.6 Å². The fourth-order valence-electron chi connectivity index (χ4n) is 7.68. The number of carbonyl (C=O) groups is 2. The molecule has 2 amide bonds. The second kappa shape index (κ2) is 24.3. The van der Waals surface area contributed by atoms with E-state index in [-0.39, 0.29) is 67.1 Å². The van der Waals surface area contributed by atoms with Crippen LogP contribution in [0.4, 0.5) is 32.9 Å². The number of amides is 2. The summed E-state index contributed by atoms with van der Waals surface area (Å²) in [6, 6.07) is 21.2. The zero-order valence-corrected chi connectivity index (χ0v) is 44.1. The van der Waals surface area contributed by atoms with Gasteiger partial charge in [-0.3, -0.25) is 22.9 Å². The molecule has 2 aliphatic heterocycles. The number of hydrogen-bond acceptors (Lipinski definition) is 15. The van der Waals surface area contributed by atoms with Crippen molar-refractivity contribution in [2.75, 3.05) is 43.1 Å². The summed E-state index contributed by atoms with van der Waals surface area (Å²) in [6.07, 6.45) is 5.23. The van der Waals surface area contributed by atoms with Crippen LogP contribution in [-0.2, 0) is 49.4 Å². The molecule has 0 bridgehead atoms. The Morgan fingerprint density at radius 3 is 1.50 bits per heavy atom. The Balaban J connectivity index is 0.000000262. The molecule has 23 heteroatoms. The van der Waals surface area contributed by atoms with Crippen LogP contribution in [0.25, 0.3) is 22.1 Å². The molecule has 6 aromatic rings. The second-order valence-electron chi connectivity index (χ2n) is 19.4. The number of carbonyl (C=O) groups excluding carboxylic acids is 2. The smallest absolute Gasteiger partial charge is 1.00 e. The van der Waals surface area contributed by atoms with E-state index in [1.165, 1.54) is 12.1 Å². The monoisotopic (exact) mass is 1040 g/mol. The quantitative estimate of drug-likeness (QED) is 0.0903. The molecule has 0 aliphatic carbocycles. The summed E-state index contributed by atoms with van der Waals surface area (Å²) in [5, 5.41) is 7.81. The first kappa shape index (κ1) is 57.2. The number of hydrogen-bond donors (Lipinski definition) is 2. The number of rotatable bonds is 14. The maximum Gasteiger partial charge on any atom is 1.00 e. The molecule has 19 nitrogen and oxygen atoms in total. The van der Waals surface area contributed by atoms with Crippen molar-refractivity contribution in [3.63, 3.8) is 0 Å². The molecule has 2 aliphatic rings. The van der Waals surface area contributed by atoms with Crippen LogP contribution in [-0.4, -0.2) is 103 Å². The Bertz CT molecular complexity index is 3100. The van der Waals surface area contributed by atoms with Crippen LogP contribution in [0.5, 0.6) is 0 Å². The Kier molecular flexibility index (Phi) is 19.3. The molecule has 0 radical (unpaired) electrons. The molecule has 72 heavy (non-hydrogen) atoms. The van der Waals surface area contributed by atoms with Gasteiger partial charge in [-0.2, -0.15) is 18.4 Å². The molecule has 380 valence electrons. The zero-order valence-electron chi connectivity index (χ0n) is 41.7. The summed E-state index contributed by atoms with van der Waals surface area (Å²) in [7, 11) is -3.55. The van der Waals surface area contributed by atoms with Crippen LogP contribution < -0.4 is 53.0 Å². The fraction of sp³-hybridized carbons (Fsp3) is 0.429. The van der Waals surface area contributed by atoms with Crippen molar-refractivity contribution in [1.29, 1.82) is 0 Å². The van der Waals surface area contributed by atoms with Crippen LogP contribution in [0.2, 0.25) is 0 Å². The van der Waals surface area contributed by atoms with Gasteiger partial charge in [-0.1, -0.05) is 24.3 Å². The summed E-state index contributed by atoms with van der Waals surface area (Å²) in [6.45, 7) is 14.4. The summed E-state index contributed by atoms with van der Waals surface area (Å²) < 4.78 is 41.5. The van der Waals surface area contributed by atoms with Gasteiger partial charge in [-0.15, -0.1) is 11.6 Å². The number of anilines is 4. The largest absolute Gasteiger partial charge is 1.00 e. The minimum atomic E-state index is -3.55. The maximum absolute atomic E-state index is 12.7. The Hall–Kier alpha value is -5.75. The number of fused-ring (bicyclic) bond motifs is 2. The van der Waals surface area contributed by atoms with Crippen molar-refractivity contribution < 1.29 is 62.9 Å². The molecule has 6 heterocycles. The first-order valence-electron chi connectivity index (χ1n) is 22.9. The van der Waals surface area contributed by atoms with Gasteiger partial charge in [-0.25, -0.2) is 19.6 Å². The zero-order chi connectivity index (χ0) is 50.4. The number of ether oxygens (including phenoxy) is 2. The predicted molar refractivity (Wildman–Crippen MR) is 268 cm³/mol. The molecule has 4 aromatic heterocycles. The first-order valence-corrected chi connectivity index (χ1v) is 25.2. The Morgan fingerprint density at radius 2 is 1.10 bits per heavy atom. The Morgan fingerprint density at radius 1 is 0.681 bits per heavy atom. The standard InChI is InChI=1S/C25H31N5O6S.C24H28ClN5O3.ClH.Li/c1-25(2,3)36-24(32)29-14-18(15-29)10-11-30-21(31)9-8-19-13-26-23(28-22(19)30)27-20-7-5-6-17(12-20)16-35-37(4,33)34;1-24(2,3)33-23(32)29-14-17(15-29)9-10-30-20(31)8-7-18-13-26-22(28-21(18)30)27-19-6-4-5-16(11-19)12-25;;/h5-9,12-13,18H,10-11,14-16H2,1-4H3,(H,26,27,28);4-8,11,13,17H,9-10,12,14-15H2,1-3H3,(H,26,27,28);1H;/q;;;+1/p-1. The van der Waals surface area contributed by atoms with Crippen molar-refractivity contribution in [1.82, 2.24) is 38.9 Å². The van der Waals surface area contributed by atoms with Gasteiger partial charge < -0.3 is 42.3 Å². The molecule has 2 aromatic carbocycles. The number of halogens is 2. The number of likely N-dealkylation sites (tertiary alicyclic amines) is 2. The maximum atomic E-state index is 12.7. The number of aryl methyl sites for hydroxylation is 2. The molecular weight excluding hydrogens is 983 g/mol. The first-order chi connectivity index (χ1) is 33.1. The minimum Gasteiger partial charge on any atom is -1.00 e. The molecule has 8 rings (SSSR count). The molecule has 2 fully saturated rings. The molecular formula is C49H59Cl2LiN10O9S. The van der Waals surface area contributed by atoms with Crippen LogP contribution in [0, 0.1) is 11.8 Å². The van der Waals surface area contributed by atoms with Crippen LogP contribution in [0.15, 0.2) is 94.8 Å². The third-order valence-corrected chi connectivity index (χ3v) is 12.0. The minimum absolute atomic E-state index is 0. The fourth-order valence-corrected chi connectivity index (χ4v) is 8.20. The van der Waals surface area contributed by atoms with Crippen LogP contribution in [0.1, 0.15) is 65.5 Å². The van der Waals surface area contributed by atoms with Gasteiger partial charge in [0.25, 0.3) is 21.2 Å². The average Bonchev–Trinajstić information content (AvgIpc) is 3.25. The van der Waals surface area contributed by atoms with Crippen molar-refractivity contribution in [3.05, 3.63) is 117 Å². The molecule has 2 N–H and O–H groups in total. The van der Waals surface area contributed by atoms with E-state index in [1.807, 2.05) is 65.8 Å². The van der Waals surface area contributed by atoms with Crippen molar-refractivity contribution in [3.8, 4) is 0 Å². The molecule has 0 unspecified atom stereocenters. The third kappa shape index (κ3) is 16.1. The molecule has 0 atom stereocenters. The van der Waals surface area contributed by atoms with Gasteiger partial charge in [0, 0.05) is 91.8 Å². The topological polar surface area (TPSA) is 222 Å². The van der Waals surface area contributed by atoms with Gasteiger partial charge in [0.1, 0.15) is 22.5 Å². The molecule has 0 spiro atoms. The van der Waals surface area contributed by atoms with Crippen LogP contribution in [0.3, 0.4) is 0 Å². The number of pyridine rings is 2. The van der Waals surface area contributed by atoms with E-state index in [0.717, 1.165) is 34.7 Å². The summed E-state index contributed by atoms with van der Waals surface area (Å²) in [4.78, 5) is 70.9. The Labute approximate surface area is 441 Å². The van der Waals surface area contributed by atoms with Crippen molar-refractivity contribution in [2.24, 2.45) is 11.8 Å². The number of nitrogens with zero attached hydrogens (tertiary/aromatic N) is 8. The van der Waals surface area contributed by atoms with Gasteiger partial charge >= 0.3 is 31.0 Å². The van der Waals surface area contributed by atoms with Crippen molar-refractivity contribution in [2.45, 2.75) is 91.2 Å². The summed E-state index contributed by atoms with van der Waals surface area (Å²) in [5.74, 6) is 1.71. The SMILES string of the molecule is CC(C)(C)OC(=O)N1CC(CCn2c(=O)ccc3cnc(Nc4cccc(CCl)c4)nc32)C1.CC(C)(C)OC(=O)N1CC(CCn2c(=O)ccc3cnc(Nc4cccc(COS(C)(=O)=O)c4)nc32)C1.[Cl-].[Li+]. The van der Waals surface area contributed by atoms with Gasteiger partial charge in [-0.05, 0) is 114 Å². The number of alkyl halides is 1.